The number of halogens is 3. The monoisotopic (exact) mass is 413 g/mol. The Balaban J connectivity index is 1.90. The molecule has 0 aromatic heterocycles. The Morgan fingerprint density at radius 1 is 1.03 bits per heavy atom. The van der Waals surface area contributed by atoms with Gasteiger partial charge < -0.3 is 24.3 Å². The second-order valence-electron chi connectivity index (χ2n) is 5.50. The number of alkyl halides is 3. The third kappa shape index (κ3) is 6.91. The molecular weight excluding hydrogens is 395 g/mol. The summed E-state index contributed by atoms with van der Waals surface area (Å²) >= 11 is 0. The quantitative estimate of drug-likeness (QED) is 0.663. The van der Waals surface area contributed by atoms with Crippen molar-refractivity contribution in [2.75, 3.05) is 25.6 Å². The van der Waals surface area contributed by atoms with Gasteiger partial charge in [0.1, 0.15) is 5.75 Å². The van der Waals surface area contributed by atoms with Crippen LogP contribution >= 0.6 is 0 Å². The summed E-state index contributed by atoms with van der Waals surface area (Å²) in [6.07, 6.45) is -4.80. The van der Waals surface area contributed by atoms with Gasteiger partial charge in [-0.25, -0.2) is 4.79 Å². The number of methoxy groups -OCH3 is 1. The molecule has 0 radical (unpaired) electrons. The van der Waals surface area contributed by atoms with Gasteiger partial charge >= 0.3 is 12.3 Å². The third-order valence-corrected chi connectivity index (χ3v) is 3.41. The molecule has 0 aliphatic rings. The first kappa shape index (κ1) is 21.9. The standard InChI is InChI=1S/C19H18F3NO6/c1-3-27-16-10-12(4-9-15(16)26-2)18(25)28-11-17(24)23-13-5-7-14(8-6-13)29-19(20,21)22/h4-10H,3,11H2,1-2H3,(H,23,24). The summed E-state index contributed by atoms with van der Waals surface area (Å²) in [6.45, 7) is 1.55. The average molecular weight is 413 g/mol. The summed E-state index contributed by atoms with van der Waals surface area (Å²) in [5, 5.41) is 2.39. The lowest BCUT2D eigenvalue weighted by molar-refractivity contribution is -0.274. The number of rotatable bonds is 8. The number of amides is 1. The van der Waals surface area contributed by atoms with E-state index >= 15 is 0 Å². The van der Waals surface area contributed by atoms with Crippen molar-refractivity contribution in [3.05, 3.63) is 48.0 Å². The molecule has 1 N–H and O–H groups in total. The number of carbonyl (C=O) groups excluding carboxylic acids is 2. The molecule has 0 bridgehead atoms. The summed E-state index contributed by atoms with van der Waals surface area (Å²) < 4.78 is 55.5. The van der Waals surface area contributed by atoms with Gasteiger partial charge in [-0.3, -0.25) is 4.79 Å². The number of hydrogen-bond donors (Lipinski definition) is 1. The van der Waals surface area contributed by atoms with E-state index < -0.39 is 30.6 Å². The number of benzene rings is 2. The zero-order valence-corrected chi connectivity index (χ0v) is 15.5. The SMILES string of the molecule is CCOc1cc(C(=O)OCC(=O)Nc2ccc(OC(F)(F)F)cc2)ccc1OC. The van der Waals surface area contributed by atoms with Crippen LogP contribution in [0.2, 0.25) is 0 Å². The lowest BCUT2D eigenvalue weighted by atomic mass is 10.2. The molecule has 156 valence electrons. The first-order chi connectivity index (χ1) is 13.7. The highest BCUT2D eigenvalue weighted by Gasteiger charge is 2.31. The van der Waals surface area contributed by atoms with Crippen molar-refractivity contribution < 1.29 is 41.7 Å². The molecule has 0 atom stereocenters. The van der Waals surface area contributed by atoms with E-state index in [0.717, 1.165) is 12.1 Å². The molecular formula is C19H18F3NO6. The molecule has 2 rings (SSSR count). The topological polar surface area (TPSA) is 83.1 Å². The van der Waals surface area contributed by atoms with Crippen LogP contribution in [-0.2, 0) is 9.53 Å². The van der Waals surface area contributed by atoms with E-state index in [2.05, 4.69) is 10.1 Å². The molecule has 1 amide bonds. The van der Waals surface area contributed by atoms with E-state index in [9.17, 15) is 22.8 Å². The fourth-order valence-corrected chi connectivity index (χ4v) is 2.22. The van der Waals surface area contributed by atoms with Crippen LogP contribution in [0.4, 0.5) is 18.9 Å². The molecule has 2 aromatic carbocycles. The van der Waals surface area contributed by atoms with Gasteiger partial charge in [0.25, 0.3) is 5.91 Å². The lowest BCUT2D eigenvalue weighted by Crippen LogP contribution is -2.21. The molecule has 10 heteroatoms. The van der Waals surface area contributed by atoms with Gasteiger partial charge in [-0.1, -0.05) is 0 Å². The van der Waals surface area contributed by atoms with Crippen molar-refractivity contribution >= 4 is 17.6 Å². The predicted molar refractivity (Wildman–Crippen MR) is 96.2 cm³/mol. The maximum atomic E-state index is 12.1. The molecule has 0 heterocycles. The van der Waals surface area contributed by atoms with E-state index in [4.69, 9.17) is 14.2 Å². The molecule has 0 unspecified atom stereocenters. The van der Waals surface area contributed by atoms with Crippen molar-refractivity contribution in [2.24, 2.45) is 0 Å². The fourth-order valence-electron chi connectivity index (χ4n) is 2.22. The van der Waals surface area contributed by atoms with Gasteiger partial charge in [0.05, 0.1) is 19.3 Å². The molecule has 7 nitrogen and oxygen atoms in total. The van der Waals surface area contributed by atoms with Crippen LogP contribution in [0.1, 0.15) is 17.3 Å². The van der Waals surface area contributed by atoms with Gasteiger partial charge in [0.2, 0.25) is 0 Å². The third-order valence-electron chi connectivity index (χ3n) is 3.41. The Hall–Kier alpha value is -3.43. The van der Waals surface area contributed by atoms with Gasteiger partial charge in [-0.05, 0) is 49.4 Å². The summed E-state index contributed by atoms with van der Waals surface area (Å²) in [5.41, 5.74) is 0.374. The molecule has 0 spiro atoms. The minimum absolute atomic E-state index is 0.163. The molecule has 2 aromatic rings. The van der Waals surface area contributed by atoms with E-state index in [0.29, 0.717) is 18.1 Å². The zero-order chi connectivity index (χ0) is 21.4. The maximum absolute atomic E-state index is 12.1. The predicted octanol–water partition coefficient (Wildman–Crippen LogP) is 3.79. The van der Waals surface area contributed by atoms with E-state index in [-0.39, 0.29) is 11.3 Å². The van der Waals surface area contributed by atoms with Crippen LogP contribution in [-0.4, -0.2) is 38.6 Å². The summed E-state index contributed by atoms with van der Waals surface area (Å²) in [7, 11) is 1.46. The average Bonchev–Trinajstić information content (AvgIpc) is 2.66. The molecule has 0 saturated heterocycles. The van der Waals surface area contributed by atoms with Crippen molar-refractivity contribution in [1.29, 1.82) is 0 Å². The number of nitrogens with one attached hydrogen (secondary N) is 1. The summed E-state index contributed by atoms with van der Waals surface area (Å²) in [6, 6.07) is 8.95. The number of anilines is 1. The highest BCUT2D eigenvalue weighted by atomic mass is 19.4. The highest BCUT2D eigenvalue weighted by Crippen LogP contribution is 2.28. The Bertz CT molecular complexity index is 852. The highest BCUT2D eigenvalue weighted by molar-refractivity contribution is 5.95. The summed E-state index contributed by atoms with van der Waals surface area (Å²) in [5.74, 6) is -1.04. The van der Waals surface area contributed by atoms with Gasteiger partial charge in [-0.15, -0.1) is 13.2 Å². The first-order valence-corrected chi connectivity index (χ1v) is 8.35. The lowest BCUT2D eigenvalue weighted by Gasteiger charge is -2.11. The van der Waals surface area contributed by atoms with Gasteiger partial charge in [0, 0.05) is 5.69 Å². The Kier molecular flexibility index (Phi) is 7.29. The van der Waals surface area contributed by atoms with Crippen molar-refractivity contribution in [3.63, 3.8) is 0 Å². The van der Waals surface area contributed by atoms with Crippen LogP contribution in [0.15, 0.2) is 42.5 Å². The Morgan fingerprint density at radius 2 is 1.72 bits per heavy atom. The second kappa shape index (κ2) is 9.67. The van der Waals surface area contributed by atoms with E-state index in [1.807, 2.05) is 0 Å². The van der Waals surface area contributed by atoms with Crippen LogP contribution in [0, 0.1) is 0 Å². The first-order valence-electron chi connectivity index (χ1n) is 8.35. The summed E-state index contributed by atoms with van der Waals surface area (Å²) in [4.78, 5) is 24.0. The molecule has 0 aliphatic carbocycles. The normalized spacial score (nSPS) is 10.8. The van der Waals surface area contributed by atoms with Crippen molar-refractivity contribution in [3.8, 4) is 17.2 Å². The smallest absolute Gasteiger partial charge is 0.493 e. The number of ether oxygens (including phenoxy) is 4. The van der Waals surface area contributed by atoms with Crippen LogP contribution < -0.4 is 19.5 Å². The van der Waals surface area contributed by atoms with Crippen LogP contribution in [0.3, 0.4) is 0 Å². The number of hydrogen-bond acceptors (Lipinski definition) is 6. The van der Waals surface area contributed by atoms with Crippen LogP contribution in [0.5, 0.6) is 17.2 Å². The number of carbonyl (C=O) groups is 2. The molecule has 29 heavy (non-hydrogen) atoms. The van der Waals surface area contributed by atoms with Gasteiger partial charge in [-0.2, -0.15) is 0 Å². The molecule has 0 saturated carbocycles. The van der Waals surface area contributed by atoms with Crippen molar-refractivity contribution in [2.45, 2.75) is 13.3 Å². The van der Waals surface area contributed by atoms with E-state index in [1.54, 1.807) is 6.92 Å². The molecule has 0 fully saturated rings. The van der Waals surface area contributed by atoms with Gasteiger partial charge in [0.15, 0.2) is 18.1 Å². The Labute approximate surface area is 164 Å². The number of esters is 1. The van der Waals surface area contributed by atoms with E-state index in [1.165, 1.54) is 37.4 Å². The molecule has 0 aliphatic heterocycles. The minimum atomic E-state index is -4.80. The zero-order valence-electron chi connectivity index (χ0n) is 15.5. The Morgan fingerprint density at radius 3 is 2.31 bits per heavy atom. The largest absolute Gasteiger partial charge is 0.573 e. The van der Waals surface area contributed by atoms with Crippen LogP contribution in [0.25, 0.3) is 0 Å². The fraction of sp³-hybridized carbons (Fsp3) is 0.263. The maximum Gasteiger partial charge on any atom is 0.573 e. The second-order valence-corrected chi connectivity index (χ2v) is 5.50. The van der Waals surface area contributed by atoms with Crippen molar-refractivity contribution in [1.82, 2.24) is 0 Å². The minimum Gasteiger partial charge on any atom is -0.493 e.